The molecule has 0 saturated heterocycles. The summed E-state index contributed by atoms with van der Waals surface area (Å²) in [6.07, 6.45) is 11.1. The van der Waals surface area contributed by atoms with Gasteiger partial charge in [-0.1, -0.05) is 113 Å². The molecule has 0 aliphatic carbocycles. The summed E-state index contributed by atoms with van der Waals surface area (Å²) >= 11 is 0. The van der Waals surface area contributed by atoms with Crippen LogP contribution in [0.5, 0.6) is 0 Å². The molecule has 0 nitrogen and oxygen atoms in total. The molecule has 0 aliphatic rings. The molecule has 0 N–H and O–H groups in total. The van der Waals surface area contributed by atoms with E-state index in [2.05, 4.69) is 93.6 Å². The first-order chi connectivity index (χ1) is 15.2. The molecular formula is C30H39P. The van der Waals surface area contributed by atoms with Gasteiger partial charge in [0.25, 0.3) is 0 Å². The third kappa shape index (κ3) is 7.05. The van der Waals surface area contributed by atoms with Gasteiger partial charge in [0.05, 0.1) is 0 Å². The molecule has 0 bridgehead atoms. The molecule has 0 unspecified atom stereocenters. The van der Waals surface area contributed by atoms with Crippen molar-refractivity contribution in [1.82, 2.24) is 0 Å². The van der Waals surface area contributed by atoms with Crippen molar-refractivity contribution in [1.29, 1.82) is 0 Å². The van der Waals surface area contributed by atoms with Crippen LogP contribution in [0.3, 0.4) is 0 Å². The second-order valence-electron chi connectivity index (χ2n) is 8.65. The molecule has 3 rings (SSSR count). The van der Waals surface area contributed by atoms with Crippen molar-refractivity contribution in [3.63, 3.8) is 0 Å². The van der Waals surface area contributed by atoms with Gasteiger partial charge in [-0.2, -0.15) is 0 Å². The van der Waals surface area contributed by atoms with E-state index in [9.17, 15) is 0 Å². The van der Waals surface area contributed by atoms with E-state index in [1.54, 1.807) is 0 Å². The number of hydrogen-bond donors (Lipinski definition) is 0. The van der Waals surface area contributed by atoms with E-state index in [1.165, 1.54) is 90.4 Å². The highest BCUT2D eigenvalue weighted by Gasteiger charge is 2.16. The maximum Gasteiger partial charge on any atom is -0.0134 e. The van der Waals surface area contributed by atoms with Gasteiger partial charge in [-0.25, -0.2) is 0 Å². The first-order valence-corrected chi connectivity index (χ1v) is 13.7. The number of benzene rings is 3. The van der Waals surface area contributed by atoms with Crippen molar-refractivity contribution in [2.45, 2.75) is 78.6 Å². The topological polar surface area (TPSA) is 0 Å². The minimum Gasteiger partial charge on any atom is -0.0654 e. The standard InChI is InChI=1S/C30H39P/c1-4-7-10-25-13-19-28(20-14-25)31(29-21-15-26(16-22-29)11-8-5-2)30-23-17-27(18-24-30)12-9-6-3/h13-24H,4-12H2,1-3H3. The van der Waals surface area contributed by atoms with Gasteiger partial charge in [0, 0.05) is 0 Å². The predicted molar refractivity (Wildman–Crippen MR) is 141 cm³/mol. The molecule has 0 aliphatic heterocycles. The van der Waals surface area contributed by atoms with Gasteiger partial charge in [-0.3, -0.25) is 0 Å². The Kier molecular flexibility index (Phi) is 9.83. The monoisotopic (exact) mass is 430 g/mol. The molecule has 0 heterocycles. The second kappa shape index (κ2) is 12.8. The lowest BCUT2D eigenvalue weighted by molar-refractivity contribution is 0.795. The number of rotatable bonds is 12. The summed E-state index contributed by atoms with van der Waals surface area (Å²) in [5.41, 5.74) is 4.39. The Morgan fingerprint density at radius 1 is 0.419 bits per heavy atom. The van der Waals surface area contributed by atoms with E-state index < -0.39 is 7.92 Å². The van der Waals surface area contributed by atoms with Crippen LogP contribution in [-0.2, 0) is 19.3 Å². The molecule has 0 aromatic heterocycles. The van der Waals surface area contributed by atoms with Crippen LogP contribution >= 0.6 is 7.92 Å². The fourth-order valence-corrected chi connectivity index (χ4v) is 6.26. The minimum absolute atomic E-state index is 0.522. The van der Waals surface area contributed by atoms with Crippen molar-refractivity contribution in [3.05, 3.63) is 89.5 Å². The van der Waals surface area contributed by atoms with Crippen molar-refractivity contribution >= 4 is 23.8 Å². The predicted octanol–water partition coefficient (Wildman–Crippen LogP) is 7.47. The Balaban J connectivity index is 1.90. The van der Waals surface area contributed by atoms with Crippen LogP contribution in [0.4, 0.5) is 0 Å². The van der Waals surface area contributed by atoms with Crippen molar-refractivity contribution in [3.8, 4) is 0 Å². The highest BCUT2D eigenvalue weighted by Crippen LogP contribution is 2.33. The average molecular weight is 431 g/mol. The average Bonchev–Trinajstić information content (AvgIpc) is 2.82. The summed E-state index contributed by atoms with van der Waals surface area (Å²) in [7, 11) is -0.522. The lowest BCUT2D eigenvalue weighted by Gasteiger charge is -2.20. The Hall–Kier alpha value is -1.91. The Morgan fingerprint density at radius 3 is 0.903 bits per heavy atom. The van der Waals surface area contributed by atoms with Gasteiger partial charge in [-0.15, -0.1) is 0 Å². The van der Waals surface area contributed by atoms with Crippen LogP contribution < -0.4 is 15.9 Å². The highest BCUT2D eigenvalue weighted by molar-refractivity contribution is 7.79. The molecular weight excluding hydrogens is 391 g/mol. The largest absolute Gasteiger partial charge is 0.0654 e. The SMILES string of the molecule is CCCCc1ccc(P(c2ccc(CCCC)cc2)c2ccc(CCCC)cc2)cc1. The van der Waals surface area contributed by atoms with E-state index in [0.717, 1.165) is 0 Å². The van der Waals surface area contributed by atoms with E-state index in [-0.39, 0.29) is 0 Å². The van der Waals surface area contributed by atoms with Gasteiger partial charge < -0.3 is 0 Å². The number of hydrogen-bond acceptors (Lipinski definition) is 0. The van der Waals surface area contributed by atoms with Crippen LogP contribution in [0.25, 0.3) is 0 Å². The van der Waals surface area contributed by atoms with Crippen LogP contribution in [0.15, 0.2) is 72.8 Å². The number of aryl methyl sites for hydroxylation is 3. The van der Waals surface area contributed by atoms with E-state index in [0.29, 0.717) is 0 Å². The fourth-order valence-electron chi connectivity index (χ4n) is 4.02. The van der Waals surface area contributed by atoms with Crippen molar-refractivity contribution in [2.24, 2.45) is 0 Å². The number of unbranched alkanes of at least 4 members (excludes halogenated alkanes) is 3. The molecule has 0 spiro atoms. The fraction of sp³-hybridized carbons (Fsp3) is 0.400. The lowest BCUT2D eigenvalue weighted by Crippen LogP contribution is -2.21. The van der Waals surface area contributed by atoms with Crippen LogP contribution in [0.2, 0.25) is 0 Å². The van der Waals surface area contributed by atoms with Crippen LogP contribution in [0, 0.1) is 0 Å². The molecule has 0 saturated carbocycles. The van der Waals surface area contributed by atoms with Crippen molar-refractivity contribution in [2.75, 3.05) is 0 Å². The zero-order valence-corrected chi connectivity index (χ0v) is 20.6. The highest BCUT2D eigenvalue weighted by atomic mass is 31.1. The molecule has 164 valence electrons. The third-order valence-electron chi connectivity index (χ3n) is 6.04. The molecule has 0 amide bonds. The first-order valence-electron chi connectivity index (χ1n) is 12.3. The minimum atomic E-state index is -0.522. The molecule has 0 atom stereocenters. The van der Waals surface area contributed by atoms with Gasteiger partial charge in [0.1, 0.15) is 0 Å². The Morgan fingerprint density at radius 2 is 0.677 bits per heavy atom. The van der Waals surface area contributed by atoms with Crippen molar-refractivity contribution < 1.29 is 0 Å². The third-order valence-corrected chi connectivity index (χ3v) is 8.48. The molecule has 3 aromatic carbocycles. The lowest BCUT2D eigenvalue weighted by atomic mass is 10.1. The van der Waals surface area contributed by atoms with Gasteiger partial charge in [0.2, 0.25) is 0 Å². The molecule has 0 radical (unpaired) electrons. The zero-order valence-electron chi connectivity index (χ0n) is 19.7. The normalized spacial score (nSPS) is 11.2. The summed E-state index contributed by atoms with van der Waals surface area (Å²) in [5.74, 6) is 0. The Labute approximate surface area is 191 Å². The Bertz CT molecular complexity index is 753. The summed E-state index contributed by atoms with van der Waals surface area (Å²) in [6, 6.07) is 28.4. The van der Waals surface area contributed by atoms with Gasteiger partial charge in [-0.05, 0) is 79.1 Å². The van der Waals surface area contributed by atoms with Gasteiger partial charge >= 0.3 is 0 Å². The van der Waals surface area contributed by atoms with Crippen LogP contribution in [-0.4, -0.2) is 0 Å². The van der Waals surface area contributed by atoms with Gasteiger partial charge in [0.15, 0.2) is 0 Å². The maximum absolute atomic E-state index is 2.38. The van der Waals surface area contributed by atoms with E-state index >= 15 is 0 Å². The molecule has 31 heavy (non-hydrogen) atoms. The second-order valence-corrected chi connectivity index (χ2v) is 10.9. The summed E-state index contributed by atoms with van der Waals surface area (Å²) < 4.78 is 0. The molecule has 3 aromatic rings. The quantitative estimate of drug-likeness (QED) is 0.261. The smallest absolute Gasteiger partial charge is 0.0134 e. The summed E-state index contributed by atoms with van der Waals surface area (Å²) in [5, 5.41) is 4.37. The zero-order chi connectivity index (χ0) is 21.9. The maximum atomic E-state index is 2.38. The van der Waals surface area contributed by atoms with Crippen LogP contribution in [0.1, 0.15) is 76.0 Å². The summed E-state index contributed by atoms with van der Waals surface area (Å²) in [4.78, 5) is 0. The first kappa shape index (κ1) is 23.7. The molecule has 0 fully saturated rings. The summed E-state index contributed by atoms with van der Waals surface area (Å²) in [6.45, 7) is 6.80. The molecule has 1 heteroatoms. The van der Waals surface area contributed by atoms with E-state index in [1.807, 2.05) is 0 Å². The van der Waals surface area contributed by atoms with E-state index in [4.69, 9.17) is 0 Å².